The Morgan fingerprint density at radius 2 is 1.84 bits per heavy atom. The first-order valence-electron chi connectivity index (χ1n) is 7.73. The van der Waals surface area contributed by atoms with Crippen LogP contribution < -0.4 is 5.46 Å². The van der Waals surface area contributed by atoms with Gasteiger partial charge in [-0.15, -0.1) is 0 Å². The minimum Gasteiger partial charge on any atom is -0.450 e. The first kappa shape index (κ1) is 17.3. The summed E-state index contributed by atoms with van der Waals surface area (Å²) < 4.78 is 35.3. The van der Waals surface area contributed by atoms with Crippen molar-refractivity contribution < 1.29 is 18.5 Å². The standard InChI is InChI=1S/C18H16BF2N2O2/c1-25-10-9-23-11-14(18(22-23)12-5-3-2-4-6-12)13-7-8-15(19-24)17(21)16(13)20/h2-8,11,24H,9-10H2,1H3. The molecule has 1 heterocycles. The van der Waals surface area contributed by atoms with Gasteiger partial charge in [0, 0.05) is 30.0 Å². The number of halogens is 2. The topological polar surface area (TPSA) is 47.3 Å². The second-order valence-electron chi connectivity index (χ2n) is 5.47. The van der Waals surface area contributed by atoms with Gasteiger partial charge in [-0.25, -0.2) is 8.78 Å². The van der Waals surface area contributed by atoms with Gasteiger partial charge < -0.3 is 9.76 Å². The molecule has 0 atom stereocenters. The van der Waals surface area contributed by atoms with Crippen LogP contribution in [0, 0.1) is 11.6 Å². The molecule has 1 radical (unpaired) electrons. The maximum absolute atomic E-state index is 14.5. The molecule has 0 unspecified atom stereocenters. The molecule has 0 saturated heterocycles. The Labute approximate surface area is 145 Å². The number of hydrogen-bond donors (Lipinski definition) is 1. The summed E-state index contributed by atoms with van der Waals surface area (Å²) in [5.41, 5.74) is 1.71. The van der Waals surface area contributed by atoms with E-state index in [9.17, 15) is 8.78 Å². The zero-order valence-electron chi connectivity index (χ0n) is 13.6. The monoisotopic (exact) mass is 341 g/mol. The van der Waals surface area contributed by atoms with Gasteiger partial charge in [-0.2, -0.15) is 5.10 Å². The Balaban J connectivity index is 2.14. The van der Waals surface area contributed by atoms with E-state index in [1.165, 1.54) is 12.1 Å². The van der Waals surface area contributed by atoms with E-state index in [2.05, 4.69) is 5.10 Å². The molecule has 1 aromatic heterocycles. The fourth-order valence-corrected chi connectivity index (χ4v) is 2.60. The fourth-order valence-electron chi connectivity index (χ4n) is 2.60. The van der Waals surface area contributed by atoms with Crippen LogP contribution in [0.3, 0.4) is 0 Å². The third kappa shape index (κ3) is 3.47. The number of methoxy groups -OCH3 is 1. The predicted molar refractivity (Wildman–Crippen MR) is 92.5 cm³/mol. The summed E-state index contributed by atoms with van der Waals surface area (Å²) in [4.78, 5) is 0. The molecule has 7 heteroatoms. The molecule has 4 nitrogen and oxygen atoms in total. The average Bonchev–Trinajstić information content (AvgIpc) is 3.07. The highest BCUT2D eigenvalue weighted by atomic mass is 19.2. The predicted octanol–water partition coefficient (Wildman–Crippen LogP) is 2.38. The molecule has 0 saturated carbocycles. The third-order valence-electron chi connectivity index (χ3n) is 3.87. The molecule has 3 aromatic rings. The van der Waals surface area contributed by atoms with Crippen molar-refractivity contribution in [2.24, 2.45) is 0 Å². The van der Waals surface area contributed by atoms with Crippen LogP contribution in [-0.2, 0) is 11.3 Å². The zero-order valence-corrected chi connectivity index (χ0v) is 13.6. The molecule has 127 valence electrons. The van der Waals surface area contributed by atoms with Gasteiger partial charge in [-0.3, -0.25) is 4.68 Å². The van der Waals surface area contributed by atoms with Gasteiger partial charge in [0.25, 0.3) is 0 Å². The molecule has 2 aromatic carbocycles. The SMILES string of the molecule is COCCn1cc(-c2ccc([B]O)c(F)c2F)c(-c2ccccc2)n1. The van der Waals surface area contributed by atoms with Crippen LogP contribution in [0.25, 0.3) is 22.4 Å². The molecular weight excluding hydrogens is 325 g/mol. The number of benzene rings is 2. The zero-order chi connectivity index (χ0) is 17.8. The van der Waals surface area contributed by atoms with Crippen LogP contribution in [0.2, 0.25) is 0 Å². The molecule has 0 aliphatic heterocycles. The van der Waals surface area contributed by atoms with Crippen molar-refractivity contribution >= 4 is 12.9 Å². The van der Waals surface area contributed by atoms with Crippen LogP contribution in [0.15, 0.2) is 48.7 Å². The van der Waals surface area contributed by atoms with E-state index in [4.69, 9.17) is 9.76 Å². The first-order chi connectivity index (χ1) is 12.2. The lowest BCUT2D eigenvalue weighted by Gasteiger charge is -2.07. The van der Waals surface area contributed by atoms with E-state index in [1.807, 2.05) is 30.3 Å². The van der Waals surface area contributed by atoms with E-state index in [0.717, 1.165) is 5.56 Å². The molecular formula is C18H16BF2N2O2. The van der Waals surface area contributed by atoms with Crippen LogP contribution >= 0.6 is 0 Å². The van der Waals surface area contributed by atoms with Gasteiger partial charge in [-0.05, 0) is 5.46 Å². The number of aromatic nitrogens is 2. The van der Waals surface area contributed by atoms with Crippen molar-refractivity contribution in [3.8, 4) is 22.4 Å². The lowest BCUT2D eigenvalue weighted by molar-refractivity contribution is 0.183. The van der Waals surface area contributed by atoms with Gasteiger partial charge >= 0.3 is 7.48 Å². The van der Waals surface area contributed by atoms with Crippen molar-refractivity contribution in [2.45, 2.75) is 6.54 Å². The lowest BCUT2D eigenvalue weighted by atomic mass is 9.86. The maximum Gasteiger partial charge on any atom is 0.329 e. The first-order valence-corrected chi connectivity index (χ1v) is 7.73. The minimum atomic E-state index is -1.09. The molecule has 0 spiro atoms. The molecule has 3 rings (SSSR count). The second-order valence-corrected chi connectivity index (χ2v) is 5.47. The Bertz CT molecular complexity index is 869. The molecule has 1 N–H and O–H groups in total. The summed E-state index contributed by atoms with van der Waals surface area (Å²) in [6.07, 6.45) is 1.67. The van der Waals surface area contributed by atoms with Crippen molar-refractivity contribution in [3.63, 3.8) is 0 Å². The number of nitrogens with zero attached hydrogens (tertiary/aromatic N) is 2. The number of ether oxygens (including phenoxy) is 1. The quantitative estimate of drug-likeness (QED) is 0.701. The summed E-state index contributed by atoms with van der Waals surface area (Å²) in [6, 6.07) is 12.1. The molecule has 0 fully saturated rings. The van der Waals surface area contributed by atoms with Crippen molar-refractivity contribution in [2.75, 3.05) is 13.7 Å². The largest absolute Gasteiger partial charge is 0.450 e. The van der Waals surface area contributed by atoms with Gasteiger partial charge in [0.15, 0.2) is 11.6 Å². The van der Waals surface area contributed by atoms with Crippen LogP contribution in [0.4, 0.5) is 8.78 Å². The van der Waals surface area contributed by atoms with Crippen LogP contribution in [0.1, 0.15) is 0 Å². The Hall–Kier alpha value is -2.51. The average molecular weight is 341 g/mol. The summed E-state index contributed by atoms with van der Waals surface area (Å²) in [5, 5.41) is 13.5. The van der Waals surface area contributed by atoms with E-state index < -0.39 is 11.6 Å². The summed E-state index contributed by atoms with van der Waals surface area (Å²) in [6.45, 7) is 0.938. The number of hydrogen-bond acceptors (Lipinski definition) is 3. The van der Waals surface area contributed by atoms with Crippen molar-refractivity contribution in [1.82, 2.24) is 9.78 Å². The van der Waals surface area contributed by atoms with Gasteiger partial charge in [-0.1, -0.05) is 42.5 Å². The Morgan fingerprint density at radius 1 is 1.08 bits per heavy atom. The van der Waals surface area contributed by atoms with Gasteiger partial charge in [0.2, 0.25) is 0 Å². The number of rotatable bonds is 6. The Kier molecular flexibility index (Phi) is 5.26. The molecule has 0 amide bonds. The maximum atomic E-state index is 14.5. The summed E-state index contributed by atoms with van der Waals surface area (Å²) in [7, 11) is 2.13. The van der Waals surface area contributed by atoms with Gasteiger partial charge in [0.1, 0.15) is 5.69 Å². The highest BCUT2D eigenvalue weighted by Crippen LogP contribution is 2.33. The highest BCUT2D eigenvalue weighted by molar-refractivity contribution is 6.45. The fraction of sp³-hybridized carbons (Fsp3) is 0.167. The summed E-state index contributed by atoms with van der Waals surface area (Å²) in [5.74, 6) is -2.12. The molecule has 25 heavy (non-hydrogen) atoms. The second kappa shape index (κ2) is 7.59. The molecule has 0 aliphatic rings. The van der Waals surface area contributed by atoms with Crippen molar-refractivity contribution in [3.05, 3.63) is 60.3 Å². The smallest absolute Gasteiger partial charge is 0.329 e. The van der Waals surface area contributed by atoms with E-state index in [1.54, 1.807) is 18.0 Å². The van der Waals surface area contributed by atoms with E-state index >= 15 is 0 Å². The van der Waals surface area contributed by atoms with Gasteiger partial charge in [0.05, 0.1) is 13.2 Å². The molecule has 0 aliphatic carbocycles. The Morgan fingerprint density at radius 3 is 2.52 bits per heavy atom. The highest BCUT2D eigenvalue weighted by Gasteiger charge is 2.20. The van der Waals surface area contributed by atoms with Crippen molar-refractivity contribution in [1.29, 1.82) is 0 Å². The third-order valence-corrected chi connectivity index (χ3v) is 3.87. The van der Waals surface area contributed by atoms with Crippen LogP contribution in [0.5, 0.6) is 0 Å². The lowest BCUT2D eigenvalue weighted by Crippen LogP contribution is -2.19. The van der Waals surface area contributed by atoms with E-state index in [-0.39, 0.29) is 11.0 Å². The normalized spacial score (nSPS) is 10.9. The van der Waals surface area contributed by atoms with E-state index in [0.29, 0.717) is 31.9 Å². The van der Waals surface area contributed by atoms with Crippen LogP contribution in [-0.4, -0.2) is 36.0 Å². The summed E-state index contributed by atoms with van der Waals surface area (Å²) >= 11 is 0. The molecule has 0 bridgehead atoms. The minimum absolute atomic E-state index is 0.0885.